The van der Waals surface area contributed by atoms with Gasteiger partial charge in [-0.05, 0) is 6.42 Å². The van der Waals surface area contributed by atoms with Crippen molar-refractivity contribution in [2.24, 2.45) is 0 Å². The average Bonchev–Trinajstić information content (AvgIpc) is 1.87. The summed E-state index contributed by atoms with van der Waals surface area (Å²) in [6, 6.07) is 0. The van der Waals surface area contributed by atoms with Crippen molar-refractivity contribution in [3.8, 4) is 0 Å². The van der Waals surface area contributed by atoms with E-state index in [0.717, 1.165) is 12.8 Å². The highest BCUT2D eigenvalue weighted by molar-refractivity contribution is 7.74. The van der Waals surface area contributed by atoms with Crippen LogP contribution in [0.3, 0.4) is 0 Å². The Balaban J connectivity index is 2.84. The lowest BCUT2D eigenvalue weighted by Crippen LogP contribution is -1.96. The molecule has 0 saturated carbocycles. The molecule has 0 aliphatic heterocycles. The van der Waals surface area contributed by atoms with Crippen molar-refractivity contribution in [3.63, 3.8) is 0 Å². The number of hydrogen-bond donors (Lipinski definition) is 1. The van der Waals surface area contributed by atoms with E-state index >= 15 is 0 Å². The molecule has 0 spiro atoms. The first-order chi connectivity index (χ1) is 4.77. The molecule has 0 saturated heterocycles. The van der Waals surface area contributed by atoms with E-state index in [1.807, 2.05) is 0 Å². The minimum absolute atomic E-state index is 0.392. The van der Waals surface area contributed by atoms with Crippen molar-refractivity contribution in [2.45, 2.75) is 32.6 Å². The second-order valence-electron chi connectivity index (χ2n) is 2.10. The van der Waals surface area contributed by atoms with Gasteiger partial charge in [0.2, 0.25) is 0 Å². The van der Waals surface area contributed by atoms with Gasteiger partial charge >= 0.3 is 11.4 Å². The van der Waals surface area contributed by atoms with Crippen LogP contribution in [0.2, 0.25) is 0 Å². The van der Waals surface area contributed by atoms with E-state index in [1.54, 1.807) is 0 Å². The topological polar surface area (TPSA) is 46.5 Å². The highest BCUT2D eigenvalue weighted by Crippen LogP contribution is 1.98. The molecule has 0 bridgehead atoms. The molecular weight excluding hydrogens is 152 g/mol. The molecule has 1 atom stereocenters. The SMILES string of the molecule is CCCCCCOS(=O)O. The highest BCUT2D eigenvalue weighted by Gasteiger charge is 1.91. The van der Waals surface area contributed by atoms with E-state index in [4.69, 9.17) is 4.55 Å². The van der Waals surface area contributed by atoms with Gasteiger partial charge in [0, 0.05) is 0 Å². The van der Waals surface area contributed by atoms with Crippen LogP contribution in [0.4, 0.5) is 0 Å². The van der Waals surface area contributed by atoms with E-state index in [-0.39, 0.29) is 0 Å². The minimum Gasteiger partial charge on any atom is -0.284 e. The monoisotopic (exact) mass is 166 g/mol. The summed E-state index contributed by atoms with van der Waals surface area (Å²) in [5.74, 6) is 0. The third kappa shape index (κ3) is 8.07. The maximum atomic E-state index is 9.92. The molecular formula is C6H14O3S. The molecule has 62 valence electrons. The molecule has 1 N–H and O–H groups in total. The smallest absolute Gasteiger partial charge is 0.284 e. The van der Waals surface area contributed by atoms with Crippen molar-refractivity contribution >= 4 is 11.4 Å². The van der Waals surface area contributed by atoms with Crippen LogP contribution < -0.4 is 0 Å². The molecule has 0 fully saturated rings. The van der Waals surface area contributed by atoms with Crippen LogP contribution in [0.5, 0.6) is 0 Å². The van der Waals surface area contributed by atoms with Crippen molar-refractivity contribution in [1.29, 1.82) is 0 Å². The van der Waals surface area contributed by atoms with Gasteiger partial charge in [0.25, 0.3) is 0 Å². The van der Waals surface area contributed by atoms with Crippen LogP contribution in [0.1, 0.15) is 32.6 Å². The zero-order valence-electron chi connectivity index (χ0n) is 6.21. The summed E-state index contributed by atoms with van der Waals surface area (Å²) in [5.41, 5.74) is 0. The largest absolute Gasteiger partial charge is 0.301 e. The Bertz CT molecular complexity index is 95.0. The summed E-state index contributed by atoms with van der Waals surface area (Å²) in [5, 5.41) is 0. The molecule has 0 amide bonds. The first kappa shape index (κ1) is 10.1. The van der Waals surface area contributed by atoms with Crippen LogP contribution in [-0.2, 0) is 15.5 Å². The van der Waals surface area contributed by atoms with Gasteiger partial charge in [-0.25, -0.2) is 0 Å². The summed E-state index contributed by atoms with van der Waals surface area (Å²) in [4.78, 5) is 0. The van der Waals surface area contributed by atoms with Crippen LogP contribution in [0.25, 0.3) is 0 Å². The fraction of sp³-hybridized carbons (Fsp3) is 1.00. The van der Waals surface area contributed by atoms with Gasteiger partial charge in [0.15, 0.2) is 0 Å². The van der Waals surface area contributed by atoms with Crippen molar-refractivity contribution in [2.75, 3.05) is 6.61 Å². The minimum atomic E-state index is -2.07. The van der Waals surface area contributed by atoms with Crippen molar-refractivity contribution in [3.05, 3.63) is 0 Å². The summed E-state index contributed by atoms with van der Waals surface area (Å²) in [6.07, 6.45) is 4.29. The number of hydrogen-bond acceptors (Lipinski definition) is 2. The normalized spacial score (nSPS) is 13.4. The molecule has 0 aliphatic carbocycles. The Morgan fingerprint density at radius 2 is 2.10 bits per heavy atom. The lowest BCUT2D eigenvalue weighted by atomic mass is 10.2. The predicted molar refractivity (Wildman–Crippen MR) is 40.9 cm³/mol. The Morgan fingerprint density at radius 1 is 1.40 bits per heavy atom. The van der Waals surface area contributed by atoms with Crippen molar-refractivity contribution < 1.29 is 12.9 Å². The average molecular weight is 166 g/mol. The molecule has 1 unspecified atom stereocenters. The molecule has 10 heavy (non-hydrogen) atoms. The molecule has 0 aromatic carbocycles. The van der Waals surface area contributed by atoms with Crippen LogP contribution in [0, 0.1) is 0 Å². The second-order valence-corrected chi connectivity index (χ2v) is 2.77. The van der Waals surface area contributed by atoms with Gasteiger partial charge < -0.3 is 0 Å². The van der Waals surface area contributed by atoms with Crippen molar-refractivity contribution in [1.82, 2.24) is 0 Å². The maximum Gasteiger partial charge on any atom is 0.301 e. The predicted octanol–water partition coefficient (Wildman–Crippen LogP) is 1.72. The fourth-order valence-corrected chi connectivity index (χ4v) is 0.919. The van der Waals surface area contributed by atoms with Gasteiger partial charge in [-0.1, -0.05) is 26.2 Å². The molecule has 0 aliphatic rings. The quantitative estimate of drug-likeness (QED) is 0.482. The molecule has 0 heterocycles. The summed E-state index contributed by atoms with van der Waals surface area (Å²) < 4.78 is 22.5. The van der Waals surface area contributed by atoms with E-state index in [2.05, 4.69) is 11.1 Å². The van der Waals surface area contributed by atoms with Crippen LogP contribution in [-0.4, -0.2) is 15.4 Å². The Hall–Kier alpha value is 0.0700. The summed E-state index contributed by atoms with van der Waals surface area (Å²) >= 11 is -2.07. The standard InChI is InChI=1S/C6H14O3S/c1-2-3-4-5-6-9-10(7)8/h2-6H2,1H3,(H,7,8). The van der Waals surface area contributed by atoms with Gasteiger partial charge in [-0.3, -0.25) is 8.74 Å². The Kier molecular flexibility index (Phi) is 7.23. The maximum absolute atomic E-state index is 9.92. The van der Waals surface area contributed by atoms with E-state index in [1.165, 1.54) is 12.8 Å². The van der Waals surface area contributed by atoms with Gasteiger partial charge in [-0.15, -0.1) is 0 Å². The molecule has 0 aromatic heterocycles. The molecule has 0 rings (SSSR count). The molecule has 0 aromatic rings. The van der Waals surface area contributed by atoms with E-state index < -0.39 is 11.4 Å². The molecule has 4 heteroatoms. The summed E-state index contributed by atoms with van der Waals surface area (Å²) in [6.45, 7) is 2.51. The third-order valence-corrected chi connectivity index (χ3v) is 1.55. The third-order valence-electron chi connectivity index (χ3n) is 1.18. The molecule has 0 radical (unpaired) electrons. The zero-order valence-corrected chi connectivity index (χ0v) is 7.02. The Morgan fingerprint density at radius 3 is 2.60 bits per heavy atom. The number of rotatable bonds is 6. The second kappa shape index (κ2) is 7.18. The summed E-state index contributed by atoms with van der Waals surface area (Å²) in [7, 11) is 0. The molecule has 3 nitrogen and oxygen atoms in total. The van der Waals surface area contributed by atoms with Gasteiger partial charge in [0.05, 0.1) is 6.61 Å². The van der Waals surface area contributed by atoms with Crippen LogP contribution in [0.15, 0.2) is 0 Å². The lowest BCUT2D eigenvalue weighted by Gasteiger charge is -1.96. The van der Waals surface area contributed by atoms with Gasteiger partial charge in [0.1, 0.15) is 0 Å². The fourth-order valence-electron chi connectivity index (χ4n) is 0.659. The first-order valence-electron chi connectivity index (χ1n) is 3.51. The lowest BCUT2D eigenvalue weighted by molar-refractivity contribution is 0.297. The highest BCUT2D eigenvalue weighted by atomic mass is 32.2. The van der Waals surface area contributed by atoms with Crippen LogP contribution >= 0.6 is 0 Å². The Labute approximate surface area is 64.3 Å². The first-order valence-corrected chi connectivity index (χ1v) is 4.54. The number of unbranched alkanes of at least 4 members (excludes halogenated alkanes) is 3. The van der Waals surface area contributed by atoms with Gasteiger partial charge in [-0.2, -0.15) is 4.21 Å². The van der Waals surface area contributed by atoms with E-state index in [9.17, 15) is 4.21 Å². The zero-order chi connectivity index (χ0) is 7.82. The van der Waals surface area contributed by atoms with E-state index in [0.29, 0.717) is 6.61 Å².